The fourth-order valence-corrected chi connectivity index (χ4v) is 5.19. The largest absolute Gasteiger partial charge is 0.497 e. The molecule has 178 valence electrons. The number of rotatable bonds is 7. The molecule has 0 spiro atoms. The molecule has 1 aliphatic heterocycles. The summed E-state index contributed by atoms with van der Waals surface area (Å²) in [6, 6.07) is 20.6. The van der Waals surface area contributed by atoms with Gasteiger partial charge in [-0.3, -0.25) is 9.97 Å². The lowest BCUT2D eigenvalue weighted by atomic mass is 9.96. The van der Waals surface area contributed by atoms with Crippen LogP contribution in [0.25, 0.3) is 0 Å². The molecule has 0 saturated carbocycles. The van der Waals surface area contributed by atoms with E-state index in [2.05, 4.69) is 68.9 Å². The van der Waals surface area contributed by atoms with E-state index >= 15 is 0 Å². The Kier molecular flexibility index (Phi) is 6.51. The van der Waals surface area contributed by atoms with E-state index in [0.717, 1.165) is 23.1 Å². The molecular weight excluding hydrogens is 454 g/mol. The zero-order valence-corrected chi connectivity index (χ0v) is 21.0. The van der Waals surface area contributed by atoms with Gasteiger partial charge in [-0.2, -0.15) is 0 Å². The molecule has 1 aliphatic rings. The van der Waals surface area contributed by atoms with Gasteiger partial charge in [0.1, 0.15) is 5.75 Å². The van der Waals surface area contributed by atoms with Crippen molar-refractivity contribution in [1.82, 2.24) is 24.8 Å². The number of hydrogen-bond donors (Lipinski definition) is 1. The summed E-state index contributed by atoms with van der Waals surface area (Å²) in [5.74, 6) is 0.845. The molecule has 0 radical (unpaired) electrons. The van der Waals surface area contributed by atoms with Gasteiger partial charge in [0.25, 0.3) is 0 Å². The highest BCUT2D eigenvalue weighted by atomic mass is 32.1. The lowest BCUT2D eigenvalue weighted by molar-refractivity contribution is 0.309. The Morgan fingerprint density at radius 3 is 2.49 bits per heavy atom. The highest BCUT2D eigenvalue weighted by molar-refractivity contribution is 7.80. The monoisotopic (exact) mass is 483 g/mol. The Bertz CT molecular complexity index is 1300. The number of nitrogens with zero attached hydrogens (tertiary/aromatic N) is 4. The Hall–Kier alpha value is -3.71. The minimum Gasteiger partial charge on any atom is -0.497 e. The van der Waals surface area contributed by atoms with Crippen LogP contribution in [0.2, 0.25) is 0 Å². The van der Waals surface area contributed by atoms with Gasteiger partial charge in [-0.05, 0) is 79.2 Å². The van der Waals surface area contributed by atoms with E-state index in [1.165, 1.54) is 28.1 Å². The Morgan fingerprint density at radius 1 is 0.971 bits per heavy atom. The highest BCUT2D eigenvalue weighted by Crippen LogP contribution is 2.41. The average molecular weight is 484 g/mol. The maximum absolute atomic E-state index is 5.88. The van der Waals surface area contributed by atoms with Crippen molar-refractivity contribution in [3.05, 3.63) is 113 Å². The van der Waals surface area contributed by atoms with Gasteiger partial charge in [0.15, 0.2) is 5.11 Å². The molecule has 0 aliphatic carbocycles. The third kappa shape index (κ3) is 4.64. The van der Waals surface area contributed by atoms with Gasteiger partial charge in [0.2, 0.25) is 0 Å². The van der Waals surface area contributed by atoms with E-state index in [-0.39, 0.29) is 12.1 Å². The minimum absolute atomic E-state index is 0.00773. The maximum Gasteiger partial charge on any atom is 0.170 e. The molecule has 4 aromatic rings. The van der Waals surface area contributed by atoms with Gasteiger partial charge in [-0.25, -0.2) is 0 Å². The van der Waals surface area contributed by atoms with Crippen LogP contribution in [0.4, 0.5) is 0 Å². The van der Waals surface area contributed by atoms with E-state index in [1.54, 1.807) is 7.11 Å². The lowest BCUT2D eigenvalue weighted by Crippen LogP contribution is -2.29. The normalized spacial score (nSPS) is 17.5. The first-order valence-corrected chi connectivity index (χ1v) is 12.1. The molecule has 3 aromatic heterocycles. The molecule has 1 N–H and O–H groups in total. The second-order valence-corrected chi connectivity index (χ2v) is 9.26. The first-order chi connectivity index (χ1) is 17.0. The highest BCUT2D eigenvalue weighted by Gasteiger charge is 2.41. The van der Waals surface area contributed by atoms with E-state index in [1.807, 2.05) is 48.9 Å². The van der Waals surface area contributed by atoms with Crippen molar-refractivity contribution in [2.75, 3.05) is 7.11 Å². The SMILES string of the molecule is COc1ccc(CN2C(=S)N[C@@H](c3ccccn3)[C@H]2c2cc(C)n(Cc3cccnc3)c2C)cc1. The molecule has 2 atom stereocenters. The Labute approximate surface area is 211 Å². The number of nitrogens with one attached hydrogen (secondary N) is 1. The van der Waals surface area contributed by atoms with Crippen LogP contribution < -0.4 is 10.1 Å². The summed E-state index contributed by atoms with van der Waals surface area (Å²) in [5, 5.41) is 4.30. The van der Waals surface area contributed by atoms with Gasteiger partial charge in [0.05, 0.1) is 24.9 Å². The topological polar surface area (TPSA) is 55.2 Å². The molecule has 4 heterocycles. The summed E-state index contributed by atoms with van der Waals surface area (Å²) in [7, 11) is 1.68. The van der Waals surface area contributed by atoms with Crippen LogP contribution in [0, 0.1) is 13.8 Å². The number of ether oxygens (including phenoxy) is 1. The van der Waals surface area contributed by atoms with Crippen molar-refractivity contribution >= 4 is 17.3 Å². The second-order valence-electron chi connectivity index (χ2n) is 8.88. The van der Waals surface area contributed by atoms with E-state index < -0.39 is 0 Å². The molecule has 0 amide bonds. The second kappa shape index (κ2) is 9.88. The van der Waals surface area contributed by atoms with Crippen molar-refractivity contribution in [2.24, 2.45) is 0 Å². The van der Waals surface area contributed by atoms with Gasteiger partial charge in [0, 0.05) is 43.1 Å². The van der Waals surface area contributed by atoms with Gasteiger partial charge in [-0.15, -0.1) is 0 Å². The molecule has 1 saturated heterocycles. The van der Waals surface area contributed by atoms with Gasteiger partial charge >= 0.3 is 0 Å². The number of aryl methyl sites for hydroxylation is 1. The van der Waals surface area contributed by atoms with Crippen LogP contribution >= 0.6 is 12.2 Å². The average Bonchev–Trinajstić information content (AvgIpc) is 3.36. The zero-order chi connectivity index (χ0) is 24.4. The predicted molar refractivity (Wildman–Crippen MR) is 141 cm³/mol. The third-order valence-corrected chi connectivity index (χ3v) is 7.06. The first kappa shape index (κ1) is 23.1. The molecule has 7 heteroatoms. The molecule has 1 aromatic carbocycles. The molecule has 1 fully saturated rings. The molecule has 6 nitrogen and oxygen atoms in total. The Morgan fingerprint density at radius 2 is 1.80 bits per heavy atom. The quantitative estimate of drug-likeness (QED) is 0.368. The fourth-order valence-electron chi connectivity index (χ4n) is 4.89. The van der Waals surface area contributed by atoms with Crippen molar-refractivity contribution in [2.45, 2.75) is 39.0 Å². The van der Waals surface area contributed by atoms with E-state index in [9.17, 15) is 0 Å². The molecular formula is C28H29N5OS. The van der Waals surface area contributed by atoms with Crippen LogP contribution in [0.1, 0.15) is 45.9 Å². The molecule has 0 bridgehead atoms. The Balaban J connectivity index is 1.54. The van der Waals surface area contributed by atoms with E-state index in [0.29, 0.717) is 6.54 Å². The number of thiocarbonyl (C=S) groups is 1. The van der Waals surface area contributed by atoms with Crippen LogP contribution in [0.5, 0.6) is 5.75 Å². The van der Waals surface area contributed by atoms with Crippen molar-refractivity contribution in [3.63, 3.8) is 0 Å². The predicted octanol–water partition coefficient (Wildman–Crippen LogP) is 5.12. The van der Waals surface area contributed by atoms with Gasteiger partial charge in [-0.1, -0.05) is 24.3 Å². The van der Waals surface area contributed by atoms with Crippen LogP contribution in [0.3, 0.4) is 0 Å². The summed E-state index contributed by atoms with van der Waals surface area (Å²) in [5.41, 5.74) is 7.02. The van der Waals surface area contributed by atoms with Crippen LogP contribution in [-0.2, 0) is 13.1 Å². The summed E-state index contributed by atoms with van der Waals surface area (Å²) >= 11 is 5.88. The number of methoxy groups -OCH3 is 1. The maximum atomic E-state index is 5.88. The summed E-state index contributed by atoms with van der Waals surface area (Å²) in [6.07, 6.45) is 5.58. The van der Waals surface area contributed by atoms with Crippen molar-refractivity contribution < 1.29 is 4.74 Å². The van der Waals surface area contributed by atoms with Crippen LogP contribution in [-0.4, -0.2) is 31.7 Å². The smallest absolute Gasteiger partial charge is 0.170 e. The third-order valence-electron chi connectivity index (χ3n) is 6.70. The summed E-state index contributed by atoms with van der Waals surface area (Å²) in [4.78, 5) is 11.3. The van der Waals surface area contributed by atoms with Crippen molar-refractivity contribution in [1.29, 1.82) is 0 Å². The number of pyridine rings is 2. The standard InChI is InChI=1S/C28H29N5OS/c1-19-15-24(20(2)32(19)18-22-7-6-13-29-16-22)27-26(25-8-4-5-14-30-25)31-28(35)33(27)17-21-9-11-23(34-3)12-10-21/h4-16,26-27H,17-18H2,1-3H3,(H,31,35)/t26-,27+/m0/s1. The number of aromatic nitrogens is 3. The zero-order valence-electron chi connectivity index (χ0n) is 20.2. The lowest BCUT2D eigenvalue weighted by Gasteiger charge is -2.28. The minimum atomic E-state index is -0.0470. The number of hydrogen-bond acceptors (Lipinski definition) is 4. The van der Waals surface area contributed by atoms with Gasteiger partial charge < -0.3 is 19.5 Å². The summed E-state index contributed by atoms with van der Waals surface area (Å²) in [6.45, 7) is 5.83. The first-order valence-electron chi connectivity index (χ1n) is 11.7. The van der Waals surface area contributed by atoms with E-state index in [4.69, 9.17) is 17.0 Å². The van der Waals surface area contributed by atoms with Crippen molar-refractivity contribution in [3.8, 4) is 5.75 Å². The molecule has 35 heavy (non-hydrogen) atoms. The molecule has 0 unspecified atom stereocenters. The molecule has 5 rings (SSSR count). The summed E-state index contributed by atoms with van der Waals surface area (Å²) < 4.78 is 7.69. The fraction of sp³-hybridized carbons (Fsp3) is 0.250. The van der Waals surface area contributed by atoms with Crippen LogP contribution in [0.15, 0.2) is 79.3 Å². The number of benzene rings is 1.